The van der Waals surface area contributed by atoms with E-state index in [1.54, 1.807) is 38.4 Å². The van der Waals surface area contributed by atoms with Gasteiger partial charge in [-0.2, -0.15) is 0 Å². The highest BCUT2D eigenvalue weighted by atomic mass is 32.2. The van der Waals surface area contributed by atoms with Crippen LogP contribution in [0.25, 0.3) is 11.1 Å². The Bertz CT molecular complexity index is 1450. The first-order valence-corrected chi connectivity index (χ1v) is 14.0. The Kier molecular flexibility index (Phi) is 10.2. The van der Waals surface area contributed by atoms with Crippen molar-refractivity contribution in [2.45, 2.75) is 44.0 Å². The van der Waals surface area contributed by atoms with Gasteiger partial charge in [0.25, 0.3) is 0 Å². The zero-order chi connectivity index (χ0) is 28.3. The lowest BCUT2D eigenvalue weighted by atomic mass is 9.92. The van der Waals surface area contributed by atoms with Crippen molar-refractivity contribution in [3.8, 4) is 11.1 Å². The lowest BCUT2D eigenvalue weighted by Gasteiger charge is -2.22. The van der Waals surface area contributed by atoms with Crippen molar-refractivity contribution < 1.29 is 19.1 Å². The van der Waals surface area contributed by atoms with E-state index in [0.29, 0.717) is 12.0 Å². The fourth-order valence-electron chi connectivity index (χ4n) is 4.31. The van der Waals surface area contributed by atoms with Crippen LogP contribution in [0.2, 0.25) is 0 Å². The van der Waals surface area contributed by atoms with E-state index in [-0.39, 0.29) is 30.5 Å². The van der Waals surface area contributed by atoms with Crippen molar-refractivity contribution in [3.63, 3.8) is 0 Å². The highest BCUT2D eigenvalue weighted by Gasteiger charge is 2.26. The molecule has 7 nitrogen and oxygen atoms in total. The number of esters is 1. The maximum Gasteiger partial charge on any atom is 0.328 e. The predicted octanol–water partition coefficient (Wildman–Crippen LogP) is 5.67. The van der Waals surface area contributed by atoms with Gasteiger partial charge in [-0.25, -0.2) is 14.8 Å². The third-order valence-corrected chi connectivity index (χ3v) is 7.40. The monoisotopic (exact) mass is 553 g/mol. The number of thioether (sulfide) groups is 1. The molecule has 1 aromatic heterocycles. The van der Waals surface area contributed by atoms with Gasteiger partial charge in [-0.3, -0.25) is 9.59 Å². The summed E-state index contributed by atoms with van der Waals surface area (Å²) in [5.74, 6) is -0.736. The van der Waals surface area contributed by atoms with Gasteiger partial charge in [-0.15, -0.1) is 0 Å². The molecular formula is C32H31N3O4S. The van der Waals surface area contributed by atoms with E-state index < -0.39 is 12.0 Å². The number of hydrogen-bond donors (Lipinski definition) is 1. The molecule has 204 valence electrons. The number of ether oxygens (including phenoxy) is 1. The molecule has 0 aliphatic heterocycles. The van der Waals surface area contributed by atoms with Crippen molar-refractivity contribution in [3.05, 3.63) is 114 Å². The number of carbonyl (C=O) groups excluding carboxylic acids is 3. The molecule has 0 fully saturated rings. The highest BCUT2D eigenvalue weighted by molar-refractivity contribution is 8.14. The molecule has 3 aromatic carbocycles. The molecule has 1 N–H and O–H groups in total. The normalized spacial score (nSPS) is 11.4. The second kappa shape index (κ2) is 14.2. The summed E-state index contributed by atoms with van der Waals surface area (Å²) >= 11 is 1.14. The standard InChI is InChI=1S/C32H31N3O4S/c1-3-29(36)35-28(31(37)39-4-2)18-24-15-16-26(25-19-33-21-34-20-25)30(27(24)17-22-11-7-5-8-12-22)40-32(38)23-13-9-6-10-14-23/h5-16,19-21,28H,3-4,17-18H2,1-2H3,(H,35,36)/t28-/m0/s1. The van der Waals surface area contributed by atoms with Crippen molar-refractivity contribution in [2.24, 2.45) is 0 Å². The average Bonchev–Trinajstić information content (AvgIpc) is 2.99. The highest BCUT2D eigenvalue weighted by Crippen LogP contribution is 2.39. The minimum absolute atomic E-state index is 0.105. The molecule has 0 radical (unpaired) electrons. The Hall–Kier alpha value is -4.30. The van der Waals surface area contributed by atoms with E-state index in [4.69, 9.17) is 4.74 Å². The summed E-state index contributed by atoms with van der Waals surface area (Å²) in [6, 6.07) is 22.1. The molecule has 0 aliphatic carbocycles. The van der Waals surface area contributed by atoms with Crippen LogP contribution in [0.3, 0.4) is 0 Å². The van der Waals surface area contributed by atoms with Crippen LogP contribution in [-0.4, -0.2) is 39.6 Å². The summed E-state index contributed by atoms with van der Waals surface area (Å²) in [7, 11) is 0. The number of hydrogen-bond acceptors (Lipinski definition) is 7. The number of nitrogens with one attached hydrogen (secondary N) is 1. The van der Waals surface area contributed by atoms with Crippen LogP contribution in [0.4, 0.5) is 0 Å². The summed E-state index contributed by atoms with van der Waals surface area (Å²) < 4.78 is 5.30. The maximum atomic E-state index is 13.5. The second-order valence-electron chi connectivity index (χ2n) is 9.05. The molecule has 4 aromatic rings. The van der Waals surface area contributed by atoms with E-state index in [9.17, 15) is 14.4 Å². The predicted molar refractivity (Wildman–Crippen MR) is 156 cm³/mol. The van der Waals surface area contributed by atoms with Crippen LogP contribution in [0.1, 0.15) is 47.3 Å². The first-order chi connectivity index (χ1) is 19.5. The smallest absolute Gasteiger partial charge is 0.328 e. The van der Waals surface area contributed by atoms with Gasteiger partial charge in [0.05, 0.1) is 6.61 Å². The van der Waals surface area contributed by atoms with Crippen molar-refractivity contribution in [2.75, 3.05) is 6.61 Å². The van der Waals surface area contributed by atoms with Gasteiger partial charge in [0.15, 0.2) is 0 Å². The molecular weight excluding hydrogens is 522 g/mol. The van der Waals surface area contributed by atoms with E-state index in [1.807, 2.05) is 60.7 Å². The summed E-state index contributed by atoms with van der Waals surface area (Å²) in [6.45, 7) is 3.67. The van der Waals surface area contributed by atoms with Crippen molar-refractivity contribution >= 4 is 28.8 Å². The van der Waals surface area contributed by atoms with Crippen molar-refractivity contribution in [1.29, 1.82) is 0 Å². The maximum absolute atomic E-state index is 13.5. The molecule has 0 unspecified atom stereocenters. The largest absolute Gasteiger partial charge is 0.464 e. The van der Waals surface area contributed by atoms with Gasteiger partial charge in [0.1, 0.15) is 12.4 Å². The van der Waals surface area contributed by atoms with Crippen molar-refractivity contribution in [1.82, 2.24) is 15.3 Å². The van der Waals surface area contributed by atoms with E-state index >= 15 is 0 Å². The SMILES string of the molecule is CCOC(=O)[C@H](Cc1ccc(-c2cncnc2)c(SC(=O)c2ccccc2)c1Cc1ccccc1)NC(=O)CC. The van der Waals surface area contributed by atoms with Crippen LogP contribution in [-0.2, 0) is 27.2 Å². The number of nitrogens with zero attached hydrogens (tertiary/aromatic N) is 2. The number of amides is 1. The third-order valence-electron chi connectivity index (χ3n) is 6.31. The second-order valence-corrected chi connectivity index (χ2v) is 10.0. The third kappa shape index (κ3) is 7.42. The Balaban J connectivity index is 1.87. The van der Waals surface area contributed by atoms with Crippen LogP contribution >= 0.6 is 11.8 Å². The average molecular weight is 554 g/mol. The van der Waals surface area contributed by atoms with Gasteiger partial charge in [0.2, 0.25) is 11.0 Å². The summed E-state index contributed by atoms with van der Waals surface area (Å²) in [6.07, 6.45) is 5.87. The zero-order valence-corrected chi connectivity index (χ0v) is 23.3. The first kappa shape index (κ1) is 28.7. The fourth-order valence-corrected chi connectivity index (χ4v) is 5.38. The Morgan fingerprint density at radius 3 is 2.23 bits per heavy atom. The molecule has 1 amide bonds. The van der Waals surface area contributed by atoms with Gasteiger partial charge in [0, 0.05) is 41.3 Å². The molecule has 1 atom stereocenters. The van der Waals surface area contributed by atoms with E-state index in [2.05, 4.69) is 15.3 Å². The number of aromatic nitrogens is 2. The molecule has 0 spiro atoms. The van der Waals surface area contributed by atoms with Crippen LogP contribution in [0.15, 0.2) is 96.4 Å². The number of benzene rings is 3. The lowest BCUT2D eigenvalue weighted by Crippen LogP contribution is -2.43. The van der Waals surface area contributed by atoms with Crippen LogP contribution in [0, 0.1) is 0 Å². The number of carbonyl (C=O) groups is 3. The Morgan fingerprint density at radius 2 is 1.57 bits per heavy atom. The molecule has 1 heterocycles. The van der Waals surface area contributed by atoms with Crippen LogP contribution in [0.5, 0.6) is 0 Å². The minimum atomic E-state index is -0.865. The molecule has 8 heteroatoms. The fraction of sp³-hybridized carbons (Fsp3) is 0.219. The quantitative estimate of drug-likeness (QED) is 0.189. The molecule has 0 saturated heterocycles. The van der Waals surface area contributed by atoms with E-state index in [1.165, 1.54) is 6.33 Å². The lowest BCUT2D eigenvalue weighted by molar-refractivity contribution is -0.147. The summed E-state index contributed by atoms with van der Waals surface area (Å²) in [5.41, 5.74) is 4.94. The van der Waals surface area contributed by atoms with Gasteiger partial charge < -0.3 is 10.1 Å². The van der Waals surface area contributed by atoms with Gasteiger partial charge in [-0.1, -0.05) is 79.7 Å². The molecule has 4 rings (SSSR count). The van der Waals surface area contributed by atoms with E-state index in [0.717, 1.165) is 44.5 Å². The van der Waals surface area contributed by atoms with Crippen LogP contribution < -0.4 is 5.32 Å². The van der Waals surface area contributed by atoms with Gasteiger partial charge >= 0.3 is 5.97 Å². The number of rotatable bonds is 11. The Morgan fingerprint density at radius 1 is 0.900 bits per heavy atom. The molecule has 0 saturated carbocycles. The zero-order valence-electron chi connectivity index (χ0n) is 22.5. The summed E-state index contributed by atoms with van der Waals surface area (Å²) in [5, 5.41) is 2.71. The van der Waals surface area contributed by atoms with Gasteiger partial charge in [-0.05, 0) is 47.4 Å². The first-order valence-electron chi connectivity index (χ1n) is 13.2. The minimum Gasteiger partial charge on any atom is -0.464 e. The molecule has 0 bridgehead atoms. The molecule has 40 heavy (non-hydrogen) atoms. The molecule has 0 aliphatic rings. The Labute approximate surface area is 238 Å². The topological polar surface area (TPSA) is 98.2 Å². The summed E-state index contributed by atoms with van der Waals surface area (Å²) in [4.78, 5) is 47.9.